The standard InChI is InChI=1S/C16H20F3NO/c17-16(18,19)14-3-1-2-13(8-14)15(12-4-5-12)20-9-11-6-7-21-10-11/h1-3,8,11-12,15,20H,4-7,9-10H2. The van der Waals surface area contributed by atoms with E-state index in [1.807, 2.05) is 0 Å². The molecule has 0 aromatic heterocycles. The van der Waals surface area contributed by atoms with Crippen LogP contribution in [0.1, 0.15) is 36.4 Å². The van der Waals surface area contributed by atoms with Gasteiger partial charge in [0.15, 0.2) is 0 Å². The summed E-state index contributed by atoms with van der Waals surface area (Å²) >= 11 is 0. The van der Waals surface area contributed by atoms with E-state index in [2.05, 4.69) is 5.32 Å². The summed E-state index contributed by atoms with van der Waals surface area (Å²) in [4.78, 5) is 0. The minimum absolute atomic E-state index is 0.0351. The molecule has 1 saturated carbocycles. The van der Waals surface area contributed by atoms with Crippen LogP contribution in [0.5, 0.6) is 0 Å². The van der Waals surface area contributed by atoms with E-state index in [9.17, 15) is 13.2 Å². The molecule has 0 radical (unpaired) electrons. The number of alkyl halides is 3. The second-order valence-electron chi connectivity index (χ2n) is 6.08. The van der Waals surface area contributed by atoms with Crippen molar-refractivity contribution in [3.05, 3.63) is 35.4 Å². The van der Waals surface area contributed by atoms with Crippen LogP contribution in [0.15, 0.2) is 24.3 Å². The zero-order valence-corrected chi connectivity index (χ0v) is 11.8. The molecule has 1 aromatic carbocycles. The van der Waals surface area contributed by atoms with Gasteiger partial charge in [0.25, 0.3) is 0 Å². The number of ether oxygens (including phenoxy) is 1. The van der Waals surface area contributed by atoms with E-state index in [0.717, 1.165) is 50.7 Å². The van der Waals surface area contributed by atoms with Crippen LogP contribution in [0, 0.1) is 11.8 Å². The van der Waals surface area contributed by atoms with Crippen molar-refractivity contribution < 1.29 is 17.9 Å². The number of rotatable bonds is 5. The van der Waals surface area contributed by atoms with Gasteiger partial charge in [0.05, 0.1) is 12.2 Å². The van der Waals surface area contributed by atoms with Crippen molar-refractivity contribution in [3.8, 4) is 0 Å². The van der Waals surface area contributed by atoms with E-state index in [1.54, 1.807) is 6.07 Å². The van der Waals surface area contributed by atoms with Crippen LogP contribution in [-0.2, 0) is 10.9 Å². The molecule has 2 atom stereocenters. The fourth-order valence-electron chi connectivity index (χ4n) is 2.93. The van der Waals surface area contributed by atoms with Gasteiger partial charge in [0, 0.05) is 19.2 Å². The van der Waals surface area contributed by atoms with Crippen LogP contribution in [0.3, 0.4) is 0 Å². The third-order valence-corrected chi connectivity index (χ3v) is 4.32. The van der Waals surface area contributed by atoms with E-state index in [1.165, 1.54) is 12.1 Å². The van der Waals surface area contributed by atoms with Gasteiger partial charge in [-0.1, -0.05) is 12.1 Å². The highest BCUT2D eigenvalue weighted by Gasteiger charge is 2.35. The first-order valence-corrected chi connectivity index (χ1v) is 7.52. The highest BCUT2D eigenvalue weighted by atomic mass is 19.4. The Kier molecular flexibility index (Phi) is 4.22. The average Bonchev–Trinajstić information content (AvgIpc) is 3.14. The second-order valence-corrected chi connectivity index (χ2v) is 6.08. The third-order valence-electron chi connectivity index (χ3n) is 4.32. The number of benzene rings is 1. The smallest absolute Gasteiger partial charge is 0.381 e. The van der Waals surface area contributed by atoms with Gasteiger partial charge in [-0.15, -0.1) is 0 Å². The fraction of sp³-hybridized carbons (Fsp3) is 0.625. The molecule has 0 spiro atoms. The molecule has 2 nitrogen and oxygen atoms in total. The van der Waals surface area contributed by atoms with Crippen molar-refractivity contribution in [2.45, 2.75) is 31.5 Å². The largest absolute Gasteiger partial charge is 0.416 e. The SMILES string of the molecule is FC(F)(F)c1cccc(C(NCC2CCOC2)C2CC2)c1. The fourth-order valence-corrected chi connectivity index (χ4v) is 2.93. The van der Waals surface area contributed by atoms with Crippen molar-refractivity contribution in [1.29, 1.82) is 0 Å². The predicted molar refractivity (Wildman–Crippen MR) is 73.8 cm³/mol. The highest BCUT2D eigenvalue weighted by molar-refractivity contribution is 5.29. The molecule has 1 saturated heterocycles. The Hall–Kier alpha value is -1.07. The molecule has 21 heavy (non-hydrogen) atoms. The summed E-state index contributed by atoms with van der Waals surface area (Å²) in [6, 6.07) is 5.77. The van der Waals surface area contributed by atoms with Gasteiger partial charge in [0.1, 0.15) is 0 Å². The van der Waals surface area contributed by atoms with Crippen molar-refractivity contribution in [2.75, 3.05) is 19.8 Å². The lowest BCUT2D eigenvalue weighted by Gasteiger charge is -2.21. The first-order valence-electron chi connectivity index (χ1n) is 7.52. The lowest BCUT2D eigenvalue weighted by molar-refractivity contribution is -0.137. The van der Waals surface area contributed by atoms with Crippen LogP contribution in [0.2, 0.25) is 0 Å². The van der Waals surface area contributed by atoms with Crippen LogP contribution in [-0.4, -0.2) is 19.8 Å². The molecule has 2 fully saturated rings. The predicted octanol–water partition coefficient (Wildman–Crippen LogP) is 3.78. The Morgan fingerprint density at radius 2 is 2.05 bits per heavy atom. The van der Waals surface area contributed by atoms with Crippen molar-refractivity contribution in [1.82, 2.24) is 5.32 Å². The maximum Gasteiger partial charge on any atom is 0.416 e. The number of hydrogen-bond donors (Lipinski definition) is 1. The normalized spacial score (nSPS) is 24.2. The summed E-state index contributed by atoms with van der Waals surface area (Å²) in [6.07, 6.45) is -1.06. The maximum atomic E-state index is 12.8. The topological polar surface area (TPSA) is 21.3 Å². The molecule has 1 heterocycles. The Balaban J connectivity index is 1.71. The van der Waals surface area contributed by atoms with Crippen LogP contribution >= 0.6 is 0 Å². The van der Waals surface area contributed by atoms with Crippen molar-refractivity contribution >= 4 is 0 Å². The van der Waals surface area contributed by atoms with E-state index >= 15 is 0 Å². The maximum absolute atomic E-state index is 12.8. The quantitative estimate of drug-likeness (QED) is 0.893. The second kappa shape index (κ2) is 5.97. The molecule has 0 bridgehead atoms. The minimum atomic E-state index is -4.27. The molecule has 1 aliphatic heterocycles. The van der Waals surface area contributed by atoms with Gasteiger partial charge in [0.2, 0.25) is 0 Å². The monoisotopic (exact) mass is 299 g/mol. The first-order chi connectivity index (χ1) is 10.0. The number of halogens is 3. The molecule has 2 aliphatic rings. The van der Waals surface area contributed by atoms with Gasteiger partial charge in [-0.25, -0.2) is 0 Å². The highest BCUT2D eigenvalue weighted by Crippen LogP contribution is 2.42. The third kappa shape index (κ3) is 3.77. The molecule has 1 N–H and O–H groups in total. The number of hydrogen-bond acceptors (Lipinski definition) is 2. The van der Waals surface area contributed by atoms with E-state index in [0.29, 0.717) is 11.8 Å². The first kappa shape index (κ1) is 14.9. The van der Waals surface area contributed by atoms with Crippen molar-refractivity contribution in [3.63, 3.8) is 0 Å². The molecule has 2 unspecified atom stereocenters. The summed E-state index contributed by atoms with van der Waals surface area (Å²) in [6.45, 7) is 2.37. The van der Waals surface area contributed by atoms with Gasteiger partial charge >= 0.3 is 6.18 Å². The van der Waals surface area contributed by atoms with E-state index in [-0.39, 0.29) is 6.04 Å². The average molecular weight is 299 g/mol. The minimum Gasteiger partial charge on any atom is -0.381 e. The molecule has 3 rings (SSSR count). The van der Waals surface area contributed by atoms with Gasteiger partial charge in [-0.3, -0.25) is 0 Å². The van der Waals surface area contributed by atoms with E-state index < -0.39 is 11.7 Å². The summed E-state index contributed by atoms with van der Waals surface area (Å²) in [5.74, 6) is 0.952. The lowest BCUT2D eigenvalue weighted by atomic mass is 9.99. The summed E-state index contributed by atoms with van der Waals surface area (Å²) in [5, 5.41) is 3.47. The Labute approximate surface area is 122 Å². The van der Waals surface area contributed by atoms with Crippen LogP contribution < -0.4 is 5.32 Å². The zero-order chi connectivity index (χ0) is 14.9. The summed E-state index contributed by atoms with van der Waals surface area (Å²) in [5.41, 5.74) is 0.197. The molecule has 116 valence electrons. The van der Waals surface area contributed by atoms with Crippen LogP contribution in [0.4, 0.5) is 13.2 Å². The molecular formula is C16H20F3NO. The van der Waals surface area contributed by atoms with Gasteiger partial charge in [-0.05, 0) is 48.8 Å². The molecule has 1 aromatic rings. The molecule has 5 heteroatoms. The van der Waals surface area contributed by atoms with Gasteiger partial charge in [-0.2, -0.15) is 13.2 Å². The Bertz CT molecular complexity index is 479. The Morgan fingerprint density at radius 1 is 1.24 bits per heavy atom. The molecular weight excluding hydrogens is 279 g/mol. The Morgan fingerprint density at radius 3 is 2.67 bits per heavy atom. The lowest BCUT2D eigenvalue weighted by Crippen LogP contribution is -2.29. The molecule has 1 aliphatic carbocycles. The van der Waals surface area contributed by atoms with Crippen LogP contribution in [0.25, 0.3) is 0 Å². The number of nitrogens with one attached hydrogen (secondary N) is 1. The van der Waals surface area contributed by atoms with E-state index in [4.69, 9.17) is 4.74 Å². The zero-order valence-electron chi connectivity index (χ0n) is 11.8. The van der Waals surface area contributed by atoms with Crippen molar-refractivity contribution in [2.24, 2.45) is 11.8 Å². The summed E-state index contributed by atoms with van der Waals surface area (Å²) in [7, 11) is 0. The summed E-state index contributed by atoms with van der Waals surface area (Å²) < 4.78 is 43.9. The van der Waals surface area contributed by atoms with Gasteiger partial charge < -0.3 is 10.1 Å². The molecule has 0 amide bonds.